The van der Waals surface area contributed by atoms with Crippen molar-refractivity contribution in [3.8, 4) is 5.75 Å². The van der Waals surface area contributed by atoms with Crippen LogP contribution in [0.1, 0.15) is 23.1 Å². The van der Waals surface area contributed by atoms with Crippen LogP contribution < -0.4 is 4.74 Å². The van der Waals surface area contributed by atoms with Crippen molar-refractivity contribution in [3.05, 3.63) is 28.8 Å². The molecule has 4 nitrogen and oxygen atoms in total. The molecule has 1 rings (SSSR count). The smallest absolute Gasteiger partial charge is 0.224 e. The predicted molar refractivity (Wildman–Crippen MR) is 70.6 cm³/mol. The van der Waals surface area contributed by atoms with Gasteiger partial charge in [-0.3, -0.25) is 4.79 Å². The fourth-order valence-corrected chi connectivity index (χ4v) is 1.79. The SMILES string of the molecule is COc1cc(C)c(C)cc1CN(C)C(=O)CCO. The van der Waals surface area contributed by atoms with Crippen molar-refractivity contribution >= 4 is 5.91 Å². The van der Waals surface area contributed by atoms with E-state index in [0.717, 1.165) is 11.3 Å². The fourth-order valence-electron chi connectivity index (χ4n) is 1.79. The molecule has 1 amide bonds. The molecular formula is C14H21NO3. The van der Waals surface area contributed by atoms with E-state index in [1.807, 2.05) is 26.0 Å². The summed E-state index contributed by atoms with van der Waals surface area (Å²) in [5.74, 6) is 0.722. The van der Waals surface area contributed by atoms with Crippen LogP contribution in [0.2, 0.25) is 0 Å². The van der Waals surface area contributed by atoms with Crippen molar-refractivity contribution in [2.45, 2.75) is 26.8 Å². The molecule has 0 fully saturated rings. The first kappa shape index (κ1) is 14.5. The average Bonchev–Trinajstić information content (AvgIpc) is 2.33. The lowest BCUT2D eigenvalue weighted by Crippen LogP contribution is -2.27. The lowest BCUT2D eigenvalue weighted by atomic mass is 10.0. The highest BCUT2D eigenvalue weighted by Crippen LogP contribution is 2.24. The van der Waals surface area contributed by atoms with Crippen molar-refractivity contribution in [3.63, 3.8) is 0 Å². The zero-order valence-corrected chi connectivity index (χ0v) is 11.5. The molecule has 0 aromatic heterocycles. The lowest BCUT2D eigenvalue weighted by molar-refractivity contribution is -0.131. The Labute approximate surface area is 108 Å². The molecule has 1 aromatic carbocycles. The molecule has 0 atom stereocenters. The van der Waals surface area contributed by atoms with E-state index in [4.69, 9.17) is 9.84 Å². The number of hydrogen-bond acceptors (Lipinski definition) is 3. The fraction of sp³-hybridized carbons (Fsp3) is 0.500. The summed E-state index contributed by atoms with van der Waals surface area (Å²) in [7, 11) is 3.36. The van der Waals surface area contributed by atoms with Crippen LogP contribution in [0.4, 0.5) is 0 Å². The lowest BCUT2D eigenvalue weighted by Gasteiger charge is -2.19. The van der Waals surface area contributed by atoms with Gasteiger partial charge in [-0.25, -0.2) is 0 Å². The highest BCUT2D eigenvalue weighted by atomic mass is 16.5. The van der Waals surface area contributed by atoms with Gasteiger partial charge >= 0.3 is 0 Å². The van der Waals surface area contributed by atoms with Crippen molar-refractivity contribution in [1.82, 2.24) is 4.90 Å². The largest absolute Gasteiger partial charge is 0.496 e. The van der Waals surface area contributed by atoms with Gasteiger partial charge in [0.05, 0.1) is 13.7 Å². The van der Waals surface area contributed by atoms with Crippen LogP contribution in [0.15, 0.2) is 12.1 Å². The van der Waals surface area contributed by atoms with Crippen LogP contribution in [-0.2, 0) is 11.3 Å². The second kappa shape index (κ2) is 6.40. The Morgan fingerprint density at radius 1 is 1.33 bits per heavy atom. The second-order valence-electron chi connectivity index (χ2n) is 4.47. The summed E-state index contributed by atoms with van der Waals surface area (Å²) in [5.41, 5.74) is 3.32. The molecule has 4 heteroatoms. The normalized spacial score (nSPS) is 10.3. The Morgan fingerprint density at radius 3 is 2.50 bits per heavy atom. The minimum absolute atomic E-state index is 0.0715. The monoisotopic (exact) mass is 251 g/mol. The Balaban J connectivity index is 2.89. The molecule has 0 aliphatic rings. The molecule has 0 aliphatic carbocycles. The van der Waals surface area contributed by atoms with Crippen molar-refractivity contribution < 1.29 is 14.6 Å². The molecule has 1 aromatic rings. The van der Waals surface area contributed by atoms with Gasteiger partial charge < -0.3 is 14.7 Å². The van der Waals surface area contributed by atoms with Crippen molar-refractivity contribution in [2.24, 2.45) is 0 Å². The third-order valence-corrected chi connectivity index (χ3v) is 3.06. The Morgan fingerprint density at radius 2 is 1.94 bits per heavy atom. The number of hydrogen-bond donors (Lipinski definition) is 1. The summed E-state index contributed by atoms with van der Waals surface area (Å²) in [6.45, 7) is 4.44. The molecular weight excluding hydrogens is 230 g/mol. The van der Waals surface area contributed by atoms with Crippen LogP contribution >= 0.6 is 0 Å². The highest BCUT2D eigenvalue weighted by molar-refractivity contribution is 5.76. The van der Waals surface area contributed by atoms with Gasteiger partial charge in [0.15, 0.2) is 0 Å². The minimum atomic E-state index is -0.118. The molecule has 100 valence electrons. The van der Waals surface area contributed by atoms with E-state index >= 15 is 0 Å². The molecule has 0 aliphatic heterocycles. The van der Waals surface area contributed by atoms with Crippen molar-refractivity contribution in [1.29, 1.82) is 0 Å². The number of amides is 1. The number of aryl methyl sites for hydroxylation is 2. The molecule has 0 bridgehead atoms. The van der Waals surface area contributed by atoms with E-state index in [1.165, 1.54) is 11.1 Å². The second-order valence-corrected chi connectivity index (χ2v) is 4.47. The van der Waals surface area contributed by atoms with Crippen LogP contribution in [0.3, 0.4) is 0 Å². The molecule has 0 heterocycles. The van der Waals surface area contributed by atoms with Gasteiger partial charge in [-0.2, -0.15) is 0 Å². The number of ether oxygens (including phenoxy) is 1. The number of carbonyl (C=O) groups is 1. The van der Waals surface area contributed by atoms with E-state index in [-0.39, 0.29) is 18.9 Å². The maximum absolute atomic E-state index is 11.6. The average molecular weight is 251 g/mol. The number of carbonyl (C=O) groups excluding carboxylic acids is 1. The summed E-state index contributed by atoms with van der Waals surface area (Å²) in [4.78, 5) is 13.2. The van der Waals surface area contributed by atoms with Crippen LogP contribution in [0.25, 0.3) is 0 Å². The van der Waals surface area contributed by atoms with Crippen LogP contribution in [-0.4, -0.2) is 36.7 Å². The molecule has 18 heavy (non-hydrogen) atoms. The van der Waals surface area contributed by atoms with E-state index in [0.29, 0.717) is 6.54 Å². The topological polar surface area (TPSA) is 49.8 Å². The van der Waals surface area contributed by atoms with Gasteiger partial charge in [0, 0.05) is 25.6 Å². The number of aliphatic hydroxyl groups excluding tert-OH is 1. The van der Waals surface area contributed by atoms with Gasteiger partial charge in [-0.15, -0.1) is 0 Å². The van der Waals surface area contributed by atoms with Crippen molar-refractivity contribution in [2.75, 3.05) is 20.8 Å². The zero-order valence-electron chi connectivity index (χ0n) is 11.5. The molecule has 0 radical (unpaired) electrons. The Hall–Kier alpha value is -1.55. The van der Waals surface area contributed by atoms with Gasteiger partial charge in [-0.1, -0.05) is 6.07 Å². The van der Waals surface area contributed by atoms with E-state index < -0.39 is 0 Å². The first-order valence-corrected chi connectivity index (χ1v) is 5.98. The zero-order chi connectivity index (χ0) is 13.7. The Bertz CT molecular complexity index is 429. The molecule has 0 saturated carbocycles. The Kier molecular flexibility index (Phi) is 5.16. The summed E-state index contributed by atoms with van der Waals surface area (Å²) in [6.07, 6.45) is 0.156. The third-order valence-electron chi connectivity index (χ3n) is 3.06. The molecule has 0 spiro atoms. The minimum Gasteiger partial charge on any atom is -0.496 e. The van der Waals surface area contributed by atoms with E-state index in [2.05, 4.69) is 0 Å². The summed E-state index contributed by atoms with van der Waals surface area (Å²) in [6, 6.07) is 4.02. The van der Waals surface area contributed by atoms with Gasteiger partial charge in [0.1, 0.15) is 5.75 Å². The highest BCUT2D eigenvalue weighted by Gasteiger charge is 2.12. The number of aliphatic hydroxyl groups is 1. The quantitative estimate of drug-likeness (QED) is 0.865. The maximum atomic E-state index is 11.6. The first-order chi connectivity index (χ1) is 8.49. The van der Waals surface area contributed by atoms with Gasteiger partial charge in [0.2, 0.25) is 5.91 Å². The standard InChI is InChI=1S/C14H21NO3/c1-10-7-12(13(18-4)8-11(10)2)9-15(3)14(17)5-6-16/h7-8,16H,5-6,9H2,1-4H3. The van der Waals surface area contributed by atoms with Crippen LogP contribution in [0.5, 0.6) is 5.75 Å². The van der Waals surface area contributed by atoms with Crippen LogP contribution in [0, 0.1) is 13.8 Å². The molecule has 0 saturated heterocycles. The predicted octanol–water partition coefficient (Wildman–Crippen LogP) is 1.65. The number of methoxy groups -OCH3 is 1. The van der Waals surface area contributed by atoms with Gasteiger partial charge in [0.25, 0.3) is 0 Å². The molecule has 0 unspecified atom stereocenters. The summed E-state index contributed by atoms with van der Waals surface area (Å²) in [5, 5.41) is 8.76. The number of benzene rings is 1. The molecule has 1 N–H and O–H groups in total. The third kappa shape index (κ3) is 3.47. The number of rotatable bonds is 5. The number of nitrogens with zero attached hydrogens (tertiary/aromatic N) is 1. The maximum Gasteiger partial charge on any atom is 0.224 e. The van der Waals surface area contributed by atoms with Gasteiger partial charge in [-0.05, 0) is 31.0 Å². The summed E-state index contributed by atoms with van der Waals surface area (Å²) < 4.78 is 5.33. The van der Waals surface area contributed by atoms with E-state index in [9.17, 15) is 4.79 Å². The summed E-state index contributed by atoms with van der Waals surface area (Å²) >= 11 is 0. The first-order valence-electron chi connectivity index (χ1n) is 5.98. The van der Waals surface area contributed by atoms with E-state index in [1.54, 1.807) is 19.1 Å².